The first-order valence-electron chi connectivity index (χ1n) is 9.77. The van der Waals surface area contributed by atoms with Gasteiger partial charge in [-0.15, -0.1) is 5.10 Å². The van der Waals surface area contributed by atoms with Gasteiger partial charge in [0.2, 0.25) is 20.1 Å². The average Bonchev–Trinajstić information content (AvgIpc) is 3.34. The Bertz CT molecular complexity index is 1210. The number of anilines is 1. The summed E-state index contributed by atoms with van der Waals surface area (Å²) < 4.78 is 28.9. The average molecular weight is 440 g/mol. The minimum Gasteiger partial charge on any atom is -0.344 e. The summed E-state index contributed by atoms with van der Waals surface area (Å²) in [6.07, 6.45) is 1.94. The Morgan fingerprint density at radius 1 is 0.900 bits per heavy atom. The predicted octanol–water partition coefficient (Wildman–Crippen LogP) is 3.11. The molecule has 7 nitrogen and oxygen atoms in total. The zero-order chi connectivity index (χ0) is 20.6. The van der Waals surface area contributed by atoms with Gasteiger partial charge in [-0.1, -0.05) is 72.0 Å². The standard InChI is InChI=1S/C21H21N5O2S2/c27-30(28,16-17-7-3-1-4-8-17)25-13-11-24(12-14-25)21-23-26-15-19(22-20(26)29-21)18-9-5-2-6-10-18/h1-10,15H,11-14,16H2. The zero-order valence-corrected chi connectivity index (χ0v) is 17.9. The molecule has 5 rings (SSSR count). The molecule has 0 spiro atoms. The molecule has 1 aliphatic heterocycles. The maximum Gasteiger partial charge on any atom is 0.218 e. The number of nitrogens with zero attached hydrogens (tertiary/aromatic N) is 5. The molecule has 4 aromatic rings. The molecule has 2 aromatic carbocycles. The number of hydrogen-bond donors (Lipinski definition) is 0. The summed E-state index contributed by atoms with van der Waals surface area (Å²) in [6.45, 7) is 2.17. The molecule has 2 aromatic heterocycles. The van der Waals surface area contributed by atoms with E-state index in [9.17, 15) is 8.42 Å². The highest BCUT2D eigenvalue weighted by atomic mass is 32.2. The van der Waals surface area contributed by atoms with Crippen LogP contribution in [0, 0.1) is 0 Å². The normalized spacial score (nSPS) is 15.7. The monoisotopic (exact) mass is 439 g/mol. The van der Waals surface area contributed by atoms with Crippen LogP contribution in [-0.4, -0.2) is 53.5 Å². The van der Waals surface area contributed by atoms with Gasteiger partial charge in [-0.05, 0) is 5.56 Å². The molecule has 1 saturated heterocycles. The van der Waals surface area contributed by atoms with Crippen molar-refractivity contribution in [1.29, 1.82) is 0 Å². The molecule has 0 radical (unpaired) electrons. The topological polar surface area (TPSA) is 70.8 Å². The molecule has 3 heterocycles. The van der Waals surface area contributed by atoms with Crippen molar-refractivity contribution in [3.05, 3.63) is 72.4 Å². The minimum atomic E-state index is -3.32. The highest BCUT2D eigenvalue weighted by Gasteiger charge is 2.28. The van der Waals surface area contributed by atoms with Gasteiger partial charge in [0.1, 0.15) is 0 Å². The van der Waals surface area contributed by atoms with Crippen molar-refractivity contribution in [2.24, 2.45) is 0 Å². The third-order valence-corrected chi connectivity index (χ3v) is 8.03. The van der Waals surface area contributed by atoms with Crippen LogP contribution in [0.3, 0.4) is 0 Å². The maximum atomic E-state index is 12.8. The summed E-state index contributed by atoms with van der Waals surface area (Å²) in [6, 6.07) is 19.4. The van der Waals surface area contributed by atoms with E-state index in [-0.39, 0.29) is 5.75 Å². The summed E-state index contributed by atoms with van der Waals surface area (Å²) in [5, 5.41) is 5.54. The fraction of sp³-hybridized carbons (Fsp3) is 0.238. The first-order chi connectivity index (χ1) is 14.6. The SMILES string of the molecule is O=S(=O)(Cc1ccccc1)N1CCN(c2nn3cc(-c4ccccc4)nc3s2)CC1. The van der Waals surface area contributed by atoms with E-state index < -0.39 is 10.0 Å². The van der Waals surface area contributed by atoms with Crippen LogP contribution in [0.2, 0.25) is 0 Å². The first kappa shape index (κ1) is 19.2. The van der Waals surface area contributed by atoms with Gasteiger partial charge in [-0.2, -0.15) is 4.31 Å². The second-order valence-electron chi connectivity index (χ2n) is 7.23. The quantitative estimate of drug-likeness (QED) is 0.478. The Balaban J connectivity index is 1.26. The summed E-state index contributed by atoms with van der Waals surface area (Å²) in [4.78, 5) is 7.66. The molecule has 9 heteroatoms. The van der Waals surface area contributed by atoms with E-state index in [4.69, 9.17) is 0 Å². The van der Waals surface area contributed by atoms with Crippen LogP contribution in [0.1, 0.15) is 5.56 Å². The summed E-state index contributed by atoms with van der Waals surface area (Å²) in [5.41, 5.74) is 2.78. The Morgan fingerprint density at radius 3 is 2.23 bits per heavy atom. The second-order valence-corrected chi connectivity index (χ2v) is 10.1. The van der Waals surface area contributed by atoms with Crippen LogP contribution in [-0.2, 0) is 15.8 Å². The molecular formula is C21H21N5O2S2. The fourth-order valence-corrected chi connectivity index (χ4v) is 6.05. The maximum absolute atomic E-state index is 12.8. The Morgan fingerprint density at radius 2 is 1.57 bits per heavy atom. The second kappa shape index (κ2) is 7.82. The first-order valence-corrected chi connectivity index (χ1v) is 12.2. The molecule has 1 aliphatic rings. The van der Waals surface area contributed by atoms with Crippen molar-refractivity contribution in [2.75, 3.05) is 31.1 Å². The molecule has 0 N–H and O–H groups in total. The van der Waals surface area contributed by atoms with Crippen molar-refractivity contribution in [3.8, 4) is 11.3 Å². The fourth-order valence-electron chi connectivity index (χ4n) is 3.60. The van der Waals surface area contributed by atoms with Gasteiger partial charge in [-0.3, -0.25) is 0 Å². The van der Waals surface area contributed by atoms with Gasteiger partial charge >= 0.3 is 0 Å². The van der Waals surface area contributed by atoms with Crippen LogP contribution in [0.15, 0.2) is 66.9 Å². The summed E-state index contributed by atoms with van der Waals surface area (Å²) >= 11 is 1.53. The minimum absolute atomic E-state index is 0.0428. The molecule has 0 atom stereocenters. The summed E-state index contributed by atoms with van der Waals surface area (Å²) in [5.74, 6) is 0.0428. The lowest BCUT2D eigenvalue weighted by molar-refractivity contribution is 0.384. The highest BCUT2D eigenvalue weighted by molar-refractivity contribution is 7.88. The Labute approximate surface area is 179 Å². The van der Waals surface area contributed by atoms with Crippen molar-refractivity contribution in [2.45, 2.75) is 5.75 Å². The van der Waals surface area contributed by atoms with Crippen LogP contribution >= 0.6 is 11.3 Å². The number of piperazine rings is 1. The van der Waals surface area contributed by atoms with E-state index in [2.05, 4.69) is 15.0 Å². The van der Waals surface area contributed by atoms with Crippen molar-refractivity contribution in [3.63, 3.8) is 0 Å². The molecule has 0 saturated carbocycles. The molecule has 0 unspecified atom stereocenters. The van der Waals surface area contributed by atoms with E-state index in [1.54, 1.807) is 8.82 Å². The smallest absolute Gasteiger partial charge is 0.218 e. The van der Waals surface area contributed by atoms with Crippen molar-refractivity contribution >= 4 is 31.5 Å². The van der Waals surface area contributed by atoms with Gasteiger partial charge in [0.15, 0.2) is 0 Å². The molecule has 0 bridgehead atoms. The summed E-state index contributed by atoms with van der Waals surface area (Å²) in [7, 11) is -3.32. The van der Waals surface area contributed by atoms with E-state index in [0.29, 0.717) is 26.2 Å². The van der Waals surface area contributed by atoms with Gasteiger partial charge in [0.25, 0.3) is 0 Å². The van der Waals surface area contributed by atoms with E-state index in [1.165, 1.54) is 11.3 Å². The van der Waals surface area contributed by atoms with Crippen LogP contribution in [0.4, 0.5) is 5.13 Å². The lowest BCUT2D eigenvalue weighted by atomic mass is 10.2. The predicted molar refractivity (Wildman–Crippen MR) is 119 cm³/mol. The van der Waals surface area contributed by atoms with Gasteiger partial charge in [-0.25, -0.2) is 17.9 Å². The van der Waals surface area contributed by atoms with Crippen molar-refractivity contribution < 1.29 is 8.42 Å². The highest BCUT2D eigenvalue weighted by Crippen LogP contribution is 2.27. The Kier molecular flexibility index (Phi) is 5.01. The molecule has 30 heavy (non-hydrogen) atoms. The number of sulfonamides is 1. The lowest BCUT2D eigenvalue weighted by Gasteiger charge is -2.33. The van der Waals surface area contributed by atoms with E-state index in [1.807, 2.05) is 66.9 Å². The van der Waals surface area contributed by atoms with E-state index in [0.717, 1.165) is 26.9 Å². The number of fused-ring (bicyclic) bond motifs is 1. The van der Waals surface area contributed by atoms with Crippen LogP contribution < -0.4 is 4.90 Å². The van der Waals surface area contributed by atoms with Gasteiger partial charge in [0.05, 0.1) is 17.6 Å². The number of benzene rings is 2. The lowest BCUT2D eigenvalue weighted by Crippen LogP contribution is -2.49. The number of aromatic nitrogens is 3. The number of rotatable bonds is 5. The third-order valence-electron chi connectivity index (χ3n) is 5.20. The van der Waals surface area contributed by atoms with Crippen LogP contribution in [0.25, 0.3) is 16.2 Å². The molecule has 154 valence electrons. The molecular weight excluding hydrogens is 418 g/mol. The molecule has 0 aliphatic carbocycles. The van der Waals surface area contributed by atoms with Gasteiger partial charge in [0, 0.05) is 31.7 Å². The van der Waals surface area contributed by atoms with Crippen LogP contribution in [0.5, 0.6) is 0 Å². The molecule has 0 amide bonds. The number of hydrogen-bond acceptors (Lipinski definition) is 6. The van der Waals surface area contributed by atoms with Crippen molar-refractivity contribution in [1.82, 2.24) is 18.9 Å². The zero-order valence-electron chi connectivity index (χ0n) is 16.3. The molecule has 1 fully saturated rings. The van der Waals surface area contributed by atoms with Gasteiger partial charge < -0.3 is 4.90 Å². The van der Waals surface area contributed by atoms with E-state index >= 15 is 0 Å². The largest absolute Gasteiger partial charge is 0.344 e. The third kappa shape index (κ3) is 3.83. The number of imidazole rings is 1. The Hall–Kier alpha value is -2.75.